The van der Waals surface area contributed by atoms with Crippen molar-refractivity contribution in [2.45, 2.75) is 57.7 Å². The number of carbonyl (C=O) groups excluding carboxylic acids is 1. The number of rotatable bonds is 5. The van der Waals surface area contributed by atoms with Crippen molar-refractivity contribution in [2.24, 2.45) is 0 Å². The van der Waals surface area contributed by atoms with Gasteiger partial charge in [-0.25, -0.2) is 0 Å². The summed E-state index contributed by atoms with van der Waals surface area (Å²) in [7, 11) is 0. The van der Waals surface area contributed by atoms with Gasteiger partial charge >= 0.3 is 0 Å². The summed E-state index contributed by atoms with van der Waals surface area (Å²) in [5.74, 6) is 0.163. The van der Waals surface area contributed by atoms with Gasteiger partial charge in [0.2, 0.25) is 0 Å². The summed E-state index contributed by atoms with van der Waals surface area (Å²) in [4.78, 5) is 15.0. The first-order chi connectivity index (χ1) is 10.1. The van der Waals surface area contributed by atoms with E-state index in [1.165, 1.54) is 25.7 Å². The number of amides is 1. The van der Waals surface area contributed by atoms with Crippen molar-refractivity contribution in [3.63, 3.8) is 0 Å². The highest BCUT2D eigenvalue weighted by Crippen LogP contribution is 2.37. The summed E-state index contributed by atoms with van der Waals surface area (Å²) in [6.07, 6.45) is 6.82. The molecule has 1 aromatic heterocycles. The standard InChI is InChI=1S/C16H24BrN3O/c1-11(2)19(10-13-4-3-7-18-13)16(21)15-8-12(17)9-20(15)14-5-6-14/h8-9,11,13-14,18H,3-7,10H2,1-2H3. The first-order valence-corrected chi connectivity index (χ1v) is 8.77. The van der Waals surface area contributed by atoms with E-state index >= 15 is 0 Å². The molecule has 0 bridgehead atoms. The van der Waals surface area contributed by atoms with Crippen molar-refractivity contribution < 1.29 is 4.79 Å². The maximum Gasteiger partial charge on any atom is 0.270 e. The second-order valence-corrected chi connectivity index (χ2v) is 7.44. The summed E-state index contributed by atoms with van der Waals surface area (Å²) in [5.41, 5.74) is 0.830. The summed E-state index contributed by atoms with van der Waals surface area (Å²) >= 11 is 3.52. The Morgan fingerprint density at radius 1 is 1.48 bits per heavy atom. The molecule has 1 unspecified atom stereocenters. The molecule has 1 atom stereocenters. The molecule has 1 aliphatic carbocycles. The Kier molecular flexibility index (Phi) is 4.41. The number of aromatic nitrogens is 1. The number of halogens is 1. The van der Waals surface area contributed by atoms with E-state index in [1.807, 2.05) is 11.0 Å². The summed E-state index contributed by atoms with van der Waals surface area (Å²) < 4.78 is 3.16. The van der Waals surface area contributed by atoms with Gasteiger partial charge in [0.05, 0.1) is 0 Å². The summed E-state index contributed by atoms with van der Waals surface area (Å²) in [5, 5.41) is 3.49. The maximum atomic E-state index is 13.0. The average molecular weight is 354 g/mol. The SMILES string of the molecule is CC(C)N(CC1CCCN1)C(=O)c1cc(Br)cn1C1CC1. The Labute approximate surface area is 135 Å². The first kappa shape index (κ1) is 15.1. The molecule has 3 rings (SSSR count). The van der Waals surface area contributed by atoms with Gasteiger partial charge in [-0.05, 0) is 68.1 Å². The van der Waals surface area contributed by atoms with E-state index in [0.717, 1.165) is 23.3 Å². The maximum absolute atomic E-state index is 13.0. The van der Waals surface area contributed by atoms with Crippen LogP contribution in [0.15, 0.2) is 16.7 Å². The van der Waals surface area contributed by atoms with Gasteiger partial charge in [0, 0.05) is 35.3 Å². The first-order valence-electron chi connectivity index (χ1n) is 7.98. The third-order valence-corrected chi connectivity index (χ3v) is 4.87. The van der Waals surface area contributed by atoms with Gasteiger partial charge in [0.25, 0.3) is 5.91 Å². The molecule has 1 N–H and O–H groups in total. The van der Waals surface area contributed by atoms with Gasteiger partial charge in [0.15, 0.2) is 0 Å². The minimum Gasteiger partial charge on any atom is -0.339 e. The Morgan fingerprint density at radius 3 is 2.81 bits per heavy atom. The van der Waals surface area contributed by atoms with Crippen LogP contribution in [0.25, 0.3) is 0 Å². The fourth-order valence-corrected chi connectivity index (χ4v) is 3.53. The Hall–Kier alpha value is -0.810. The molecule has 1 aliphatic heterocycles. The molecule has 5 heteroatoms. The molecule has 116 valence electrons. The van der Waals surface area contributed by atoms with E-state index in [4.69, 9.17) is 0 Å². The highest BCUT2D eigenvalue weighted by atomic mass is 79.9. The van der Waals surface area contributed by atoms with Crippen LogP contribution < -0.4 is 5.32 Å². The molecular formula is C16H24BrN3O. The largest absolute Gasteiger partial charge is 0.339 e. The Balaban J connectivity index is 1.79. The molecule has 0 aromatic carbocycles. The van der Waals surface area contributed by atoms with Crippen LogP contribution in [0.4, 0.5) is 0 Å². The average Bonchev–Trinajstić information content (AvgIpc) is 3.01. The van der Waals surface area contributed by atoms with Crippen LogP contribution in [0.1, 0.15) is 56.1 Å². The molecule has 21 heavy (non-hydrogen) atoms. The number of carbonyl (C=O) groups is 1. The predicted molar refractivity (Wildman–Crippen MR) is 87.6 cm³/mol. The fraction of sp³-hybridized carbons (Fsp3) is 0.688. The Bertz CT molecular complexity index is 516. The Morgan fingerprint density at radius 2 is 2.24 bits per heavy atom. The van der Waals surface area contributed by atoms with E-state index in [2.05, 4.69) is 45.9 Å². The van der Waals surface area contributed by atoms with Gasteiger partial charge in [0.1, 0.15) is 5.69 Å². The zero-order valence-corrected chi connectivity index (χ0v) is 14.4. The van der Waals surface area contributed by atoms with Gasteiger partial charge in [-0.3, -0.25) is 4.79 Å². The van der Waals surface area contributed by atoms with Crippen molar-refractivity contribution in [1.29, 1.82) is 0 Å². The van der Waals surface area contributed by atoms with E-state index in [9.17, 15) is 4.79 Å². The van der Waals surface area contributed by atoms with Crippen LogP contribution in [0.2, 0.25) is 0 Å². The number of nitrogens with zero attached hydrogens (tertiary/aromatic N) is 2. The second-order valence-electron chi connectivity index (χ2n) is 6.53. The van der Waals surface area contributed by atoms with Gasteiger partial charge in [-0.2, -0.15) is 0 Å². The van der Waals surface area contributed by atoms with E-state index < -0.39 is 0 Å². The van der Waals surface area contributed by atoms with Crippen molar-refractivity contribution in [3.8, 4) is 0 Å². The number of hydrogen-bond donors (Lipinski definition) is 1. The lowest BCUT2D eigenvalue weighted by Gasteiger charge is -2.30. The summed E-state index contributed by atoms with van der Waals surface area (Å²) in [6, 6.07) is 3.16. The lowest BCUT2D eigenvalue weighted by atomic mass is 10.1. The van der Waals surface area contributed by atoms with Gasteiger partial charge in [-0.1, -0.05) is 0 Å². The molecule has 2 fully saturated rings. The van der Waals surface area contributed by atoms with Crippen molar-refractivity contribution in [3.05, 3.63) is 22.4 Å². The fourth-order valence-electron chi connectivity index (χ4n) is 3.10. The zero-order chi connectivity index (χ0) is 15.0. The second kappa shape index (κ2) is 6.13. The predicted octanol–water partition coefficient (Wildman–Crippen LogP) is 3.19. The molecule has 1 saturated carbocycles. The normalized spacial score (nSPS) is 22.0. The van der Waals surface area contributed by atoms with Crippen LogP contribution in [0, 0.1) is 0 Å². The molecule has 1 amide bonds. The number of nitrogens with one attached hydrogen (secondary N) is 1. The van der Waals surface area contributed by atoms with E-state index in [-0.39, 0.29) is 11.9 Å². The quantitative estimate of drug-likeness (QED) is 0.882. The van der Waals surface area contributed by atoms with E-state index in [0.29, 0.717) is 12.1 Å². The molecule has 2 aliphatic rings. The van der Waals surface area contributed by atoms with Crippen molar-refractivity contribution in [1.82, 2.24) is 14.8 Å². The van der Waals surface area contributed by atoms with Crippen LogP contribution in [-0.4, -0.2) is 40.5 Å². The van der Waals surface area contributed by atoms with Crippen LogP contribution in [0.5, 0.6) is 0 Å². The van der Waals surface area contributed by atoms with Crippen molar-refractivity contribution >= 4 is 21.8 Å². The lowest BCUT2D eigenvalue weighted by Crippen LogP contribution is -2.45. The minimum absolute atomic E-state index is 0.163. The molecule has 1 aromatic rings. The number of hydrogen-bond acceptors (Lipinski definition) is 2. The van der Waals surface area contributed by atoms with Crippen LogP contribution >= 0.6 is 15.9 Å². The van der Waals surface area contributed by atoms with Crippen LogP contribution in [-0.2, 0) is 0 Å². The molecule has 1 saturated heterocycles. The third-order valence-electron chi connectivity index (χ3n) is 4.44. The monoisotopic (exact) mass is 353 g/mol. The highest BCUT2D eigenvalue weighted by Gasteiger charge is 2.31. The van der Waals surface area contributed by atoms with Crippen LogP contribution in [0.3, 0.4) is 0 Å². The highest BCUT2D eigenvalue weighted by molar-refractivity contribution is 9.10. The molecular weight excluding hydrogens is 330 g/mol. The summed E-state index contributed by atoms with van der Waals surface area (Å²) in [6.45, 7) is 6.09. The molecule has 0 radical (unpaired) electrons. The van der Waals surface area contributed by atoms with Gasteiger partial charge in [-0.15, -0.1) is 0 Å². The minimum atomic E-state index is 0.163. The van der Waals surface area contributed by atoms with Crippen molar-refractivity contribution in [2.75, 3.05) is 13.1 Å². The topological polar surface area (TPSA) is 37.3 Å². The lowest BCUT2D eigenvalue weighted by molar-refractivity contribution is 0.0677. The zero-order valence-electron chi connectivity index (χ0n) is 12.8. The third kappa shape index (κ3) is 3.34. The molecule has 4 nitrogen and oxygen atoms in total. The van der Waals surface area contributed by atoms with Gasteiger partial charge < -0.3 is 14.8 Å². The van der Waals surface area contributed by atoms with E-state index in [1.54, 1.807) is 0 Å². The molecule has 0 spiro atoms. The molecule has 2 heterocycles. The smallest absolute Gasteiger partial charge is 0.270 e.